The number of nitrogens with one attached hydrogen (secondary N) is 1. The Labute approximate surface area is 168 Å². The summed E-state index contributed by atoms with van der Waals surface area (Å²) in [5.74, 6) is -1.44. The van der Waals surface area contributed by atoms with Gasteiger partial charge in [-0.3, -0.25) is 24.6 Å². The molecule has 2 aromatic rings. The van der Waals surface area contributed by atoms with Crippen molar-refractivity contribution >= 4 is 28.8 Å². The Kier molecular flexibility index (Phi) is 5.41. The van der Waals surface area contributed by atoms with Crippen molar-refractivity contribution in [1.29, 1.82) is 0 Å². The molecule has 10 heteroatoms. The summed E-state index contributed by atoms with van der Waals surface area (Å²) < 4.78 is 39.0. The first kappa shape index (κ1) is 20.8. The van der Waals surface area contributed by atoms with Crippen molar-refractivity contribution in [3.63, 3.8) is 0 Å². The molecule has 0 aliphatic carbocycles. The van der Waals surface area contributed by atoms with Crippen LogP contribution in [0.4, 0.5) is 24.5 Å². The Morgan fingerprint density at radius 3 is 2.33 bits per heavy atom. The van der Waals surface area contributed by atoms with E-state index in [4.69, 9.17) is 0 Å². The van der Waals surface area contributed by atoms with E-state index in [0.717, 1.165) is 29.2 Å². The van der Waals surface area contributed by atoms with E-state index >= 15 is 0 Å². The van der Waals surface area contributed by atoms with Gasteiger partial charge in [0.25, 0.3) is 17.5 Å². The van der Waals surface area contributed by atoms with Crippen LogP contribution < -0.4 is 5.32 Å². The highest BCUT2D eigenvalue weighted by atomic mass is 19.4. The highest BCUT2D eigenvalue weighted by Crippen LogP contribution is 2.34. The van der Waals surface area contributed by atoms with E-state index in [0.29, 0.717) is 0 Å². The minimum atomic E-state index is -4.59. The van der Waals surface area contributed by atoms with Crippen LogP contribution in [0.2, 0.25) is 0 Å². The molecular formula is C20H14F3N3O4. The number of rotatable bonds is 6. The molecule has 1 N–H and O–H groups in total. The first-order valence-electron chi connectivity index (χ1n) is 8.54. The average molecular weight is 417 g/mol. The number of non-ortho nitro benzene ring substituents is 1. The van der Waals surface area contributed by atoms with Gasteiger partial charge in [-0.1, -0.05) is 12.1 Å². The minimum Gasteiger partial charge on any atom is -0.350 e. The van der Waals surface area contributed by atoms with Gasteiger partial charge in [0.15, 0.2) is 0 Å². The number of imide groups is 1. The van der Waals surface area contributed by atoms with E-state index in [1.54, 1.807) is 0 Å². The lowest BCUT2D eigenvalue weighted by Gasteiger charge is -2.13. The van der Waals surface area contributed by atoms with Crippen LogP contribution >= 0.6 is 0 Å². The van der Waals surface area contributed by atoms with E-state index < -0.39 is 28.5 Å². The Morgan fingerprint density at radius 2 is 1.77 bits per heavy atom. The number of hydrogen-bond donors (Lipinski definition) is 1. The lowest BCUT2D eigenvalue weighted by Crippen LogP contribution is -2.32. The number of carbonyl (C=O) groups excluding carboxylic acids is 2. The lowest BCUT2D eigenvalue weighted by atomic mass is 10.0. The van der Waals surface area contributed by atoms with Crippen molar-refractivity contribution in [3.05, 3.63) is 88.1 Å². The molecule has 0 bridgehead atoms. The van der Waals surface area contributed by atoms with E-state index in [-0.39, 0.29) is 34.8 Å². The number of nitro groups is 1. The van der Waals surface area contributed by atoms with E-state index in [1.807, 2.05) is 0 Å². The zero-order chi connectivity index (χ0) is 22.1. The predicted octanol–water partition coefficient (Wildman–Crippen LogP) is 3.99. The zero-order valence-corrected chi connectivity index (χ0v) is 15.3. The summed E-state index contributed by atoms with van der Waals surface area (Å²) in [6.45, 7) is 3.38. The van der Waals surface area contributed by atoms with Gasteiger partial charge in [-0.05, 0) is 35.9 Å². The van der Waals surface area contributed by atoms with Crippen molar-refractivity contribution in [2.24, 2.45) is 0 Å². The third-order valence-electron chi connectivity index (χ3n) is 4.31. The fourth-order valence-corrected chi connectivity index (χ4v) is 2.92. The molecule has 2 amide bonds. The number of amides is 2. The first-order valence-corrected chi connectivity index (χ1v) is 8.54. The van der Waals surface area contributed by atoms with Crippen molar-refractivity contribution in [2.75, 3.05) is 11.9 Å². The van der Waals surface area contributed by atoms with Crippen LogP contribution in [-0.2, 0) is 15.8 Å². The van der Waals surface area contributed by atoms with Crippen molar-refractivity contribution in [2.45, 2.75) is 6.18 Å². The fourth-order valence-electron chi connectivity index (χ4n) is 2.92. The summed E-state index contributed by atoms with van der Waals surface area (Å²) in [6, 6.07) is 9.10. The quantitative estimate of drug-likeness (QED) is 0.332. The molecule has 154 valence electrons. The molecule has 7 nitrogen and oxygen atoms in total. The third-order valence-corrected chi connectivity index (χ3v) is 4.31. The van der Waals surface area contributed by atoms with Crippen LogP contribution in [-0.4, -0.2) is 28.2 Å². The molecule has 0 fully saturated rings. The molecule has 0 saturated carbocycles. The summed E-state index contributed by atoms with van der Waals surface area (Å²) in [6.07, 6.45) is -3.26. The molecule has 2 aromatic carbocycles. The van der Waals surface area contributed by atoms with E-state index in [2.05, 4.69) is 11.9 Å². The topological polar surface area (TPSA) is 92.6 Å². The lowest BCUT2D eigenvalue weighted by molar-refractivity contribution is -0.384. The summed E-state index contributed by atoms with van der Waals surface area (Å²) in [7, 11) is 0. The monoisotopic (exact) mass is 417 g/mol. The summed E-state index contributed by atoms with van der Waals surface area (Å²) >= 11 is 0. The third kappa shape index (κ3) is 3.93. The highest BCUT2D eigenvalue weighted by Gasteiger charge is 2.39. The van der Waals surface area contributed by atoms with Gasteiger partial charge in [-0.2, -0.15) is 13.2 Å². The maximum Gasteiger partial charge on any atom is 0.416 e. The van der Waals surface area contributed by atoms with Crippen LogP contribution in [0.5, 0.6) is 0 Å². The number of alkyl halides is 3. The van der Waals surface area contributed by atoms with Gasteiger partial charge in [-0.25, -0.2) is 0 Å². The number of carbonyl (C=O) groups is 2. The Bertz CT molecular complexity index is 1080. The summed E-state index contributed by atoms with van der Waals surface area (Å²) in [5.41, 5.74) is -1.30. The van der Waals surface area contributed by atoms with Gasteiger partial charge in [-0.15, -0.1) is 6.58 Å². The van der Waals surface area contributed by atoms with Crippen LogP contribution in [0.3, 0.4) is 0 Å². The van der Waals surface area contributed by atoms with Gasteiger partial charge in [0.1, 0.15) is 5.70 Å². The zero-order valence-electron chi connectivity index (χ0n) is 15.3. The number of anilines is 1. The second-order valence-corrected chi connectivity index (χ2v) is 6.27. The molecule has 1 heterocycles. The highest BCUT2D eigenvalue weighted by molar-refractivity contribution is 6.36. The van der Waals surface area contributed by atoms with Gasteiger partial charge in [0.05, 0.1) is 16.1 Å². The molecule has 0 radical (unpaired) electrons. The number of hydrogen-bond acceptors (Lipinski definition) is 5. The van der Waals surface area contributed by atoms with E-state index in [9.17, 15) is 32.9 Å². The molecular weight excluding hydrogens is 403 g/mol. The smallest absolute Gasteiger partial charge is 0.350 e. The number of benzene rings is 2. The van der Waals surface area contributed by atoms with Crippen LogP contribution in [0.15, 0.2) is 66.9 Å². The maximum atomic E-state index is 13.0. The Balaban J connectivity index is 2.08. The molecule has 0 unspecified atom stereocenters. The van der Waals surface area contributed by atoms with Crippen molar-refractivity contribution in [3.8, 4) is 0 Å². The van der Waals surface area contributed by atoms with Gasteiger partial charge >= 0.3 is 6.18 Å². The van der Waals surface area contributed by atoms with Crippen molar-refractivity contribution in [1.82, 2.24) is 4.90 Å². The molecule has 0 spiro atoms. The molecule has 1 aliphatic rings. The van der Waals surface area contributed by atoms with E-state index in [1.165, 1.54) is 30.3 Å². The minimum absolute atomic E-state index is 0.0409. The largest absolute Gasteiger partial charge is 0.416 e. The second kappa shape index (κ2) is 7.82. The molecule has 3 rings (SSSR count). The normalized spacial score (nSPS) is 14.3. The number of nitro benzene ring substituents is 1. The summed E-state index contributed by atoms with van der Waals surface area (Å²) in [5, 5.41) is 13.5. The van der Waals surface area contributed by atoms with Crippen molar-refractivity contribution < 1.29 is 27.7 Å². The number of halogens is 3. The SMILES string of the molecule is C=CCN1C(=O)C(Nc2cccc(C(F)(F)F)c2)=C(c2ccc([N+](=O)[O-])cc2)C1=O. The molecule has 0 atom stereocenters. The molecule has 0 aromatic heterocycles. The predicted molar refractivity (Wildman–Crippen MR) is 102 cm³/mol. The second-order valence-electron chi connectivity index (χ2n) is 6.27. The standard InChI is InChI=1S/C20H14F3N3O4/c1-2-10-25-18(27)16(12-6-8-15(9-7-12)26(29)30)17(19(25)28)24-14-5-3-4-13(11-14)20(21,22)23/h2-9,11,24H,1,10H2. The summed E-state index contributed by atoms with van der Waals surface area (Å²) in [4.78, 5) is 36.7. The van der Waals surface area contributed by atoms with Gasteiger partial charge in [0.2, 0.25) is 0 Å². The molecule has 0 saturated heterocycles. The fraction of sp³-hybridized carbons (Fsp3) is 0.100. The number of nitrogens with zero attached hydrogens (tertiary/aromatic N) is 2. The first-order chi connectivity index (χ1) is 14.1. The van der Waals surface area contributed by atoms with Crippen LogP contribution in [0, 0.1) is 10.1 Å². The maximum absolute atomic E-state index is 13.0. The molecule has 1 aliphatic heterocycles. The Hall–Kier alpha value is -3.95. The van der Waals surface area contributed by atoms with Gasteiger partial charge < -0.3 is 5.32 Å². The average Bonchev–Trinajstić information content (AvgIpc) is 2.92. The Morgan fingerprint density at radius 1 is 1.10 bits per heavy atom. The molecule has 30 heavy (non-hydrogen) atoms. The van der Waals surface area contributed by atoms with Gasteiger partial charge in [0, 0.05) is 24.4 Å². The van der Waals surface area contributed by atoms with Crippen LogP contribution in [0.1, 0.15) is 11.1 Å². The van der Waals surface area contributed by atoms with Crippen LogP contribution in [0.25, 0.3) is 5.57 Å².